The normalized spacial score (nSPS) is 12.5. The zero-order valence-corrected chi connectivity index (χ0v) is 16.0. The van der Waals surface area contributed by atoms with Gasteiger partial charge in [-0.15, -0.1) is 34.4 Å². The SMILES string of the molecule is C[C@@H](SCC(=O)N(C)C)c1nc2scc(-c3cccs3)c2c(=O)[nH]1. The molecule has 0 saturated heterocycles. The third kappa shape index (κ3) is 3.40. The first-order valence-electron chi connectivity index (χ1n) is 7.34. The molecule has 1 atom stereocenters. The lowest BCUT2D eigenvalue weighted by molar-refractivity contribution is -0.125. The summed E-state index contributed by atoms with van der Waals surface area (Å²) in [5.41, 5.74) is 0.819. The molecule has 0 fully saturated rings. The second kappa shape index (κ2) is 7.08. The van der Waals surface area contributed by atoms with Crippen LogP contribution in [0, 0.1) is 0 Å². The maximum atomic E-state index is 12.6. The number of nitrogens with one attached hydrogen (secondary N) is 1. The van der Waals surface area contributed by atoms with Crippen molar-refractivity contribution in [2.75, 3.05) is 19.8 Å². The van der Waals surface area contributed by atoms with Gasteiger partial charge in [0.1, 0.15) is 10.7 Å². The van der Waals surface area contributed by atoms with Gasteiger partial charge in [0.2, 0.25) is 5.91 Å². The van der Waals surface area contributed by atoms with E-state index in [0.29, 0.717) is 17.0 Å². The smallest absolute Gasteiger partial charge is 0.260 e. The molecule has 3 rings (SSSR count). The third-order valence-electron chi connectivity index (χ3n) is 3.59. The van der Waals surface area contributed by atoms with Gasteiger partial charge in [0.25, 0.3) is 5.56 Å². The minimum Gasteiger partial charge on any atom is -0.348 e. The van der Waals surface area contributed by atoms with Crippen LogP contribution < -0.4 is 5.56 Å². The van der Waals surface area contributed by atoms with E-state index in [2.05, 4.69) is 9.97 Å². The zero-order chi connectivity index (χ0) is 17.3. The Balaban J connectivity index is 1.89. The Morgan fingerprint density at radius 2 is 2.21 bits per heavy atom. The summed E-state index contributed by atoms with van der Waals surface area (Å²) in [6.45, 7) is 1.95. The Kier molecular flexibility index (Phi) is 5.07. The number of carbonyl (C=O) groups is 1. The van der Waals surface area contributed by atoms with Gasteiger partial charge >= 0.3 is 0 Å². The van der Waals surface area contributed by atoms with Crippen LogP contribution in [-0.2, 0) is 4.79 Å². The molecule has 3 aromatic rings. The monoisotopic (exact) mass is 379 g/mol. The van der Waals surface area contributed by atoms with E-state index in [4.69, 9.17) is 0 Å². The zero-order valence-electron chi connectivity index (χ0n) is 13.5. The fraction of sp³-hybridized carbons (Fsp3) is 0.312. The van der Waals surface area contributed by atoms with Crippen molar-refractivity contribution in [3.63, 3.8) is 0 Å². The van der Waals surface area contributed by atoms with Gasteiger partial charge in [-0.2, -0.15) is 0 Å². The predicted molar refractivity (Wildman–Crippen MR) is 103 cm³/mol. The summed E-state index contributed by atoms with van der Waals surface area (Å²) < 4.78 is 0. The molecule has 1 N–H and O–H groups in total. The number of thiophene rings is 2. The van der Waals surface area contributed by atoms with Crippen molar-refractivity contribution in [1.82, 2.24) is 14.9 Å². The van der Waals surface area contributed by atoms with Crippen LogP contribution in [0.25, 0.3) is 20.7 Å². The van der Waals surface area contributed by atoms with Crippen LogP contribution in [0.5, 0.6) is 0 Å². The molecule has 24 heavy (non-hydrogen) atoms. The summed E-state index contributed by atoms with van der Waals surface area (Å²) in [4.78, 5) is 35.1. The van der Waals surface area contributed by atoms with Crippen molar-refractivity contribution in [3.8, 4) is 10.4 Å². The maximum Gasteiger partial charge on any atom is 0.260 e. The number of carbonyl (C=O) groups excluding carboxylic acids is 1. The molecule has 0 unspecified atom stereocenters. The number of rotatable bonds is 5. The number of thioether (sulfide) groups is 1. The van der Waals surface area contributed by atoms with E-state index in [1.54, 1.807) is 30.3 Å². The fourth-order valence-electron chi connectivity index (χ4n) is 2.18. The lowest BCUT2D eigenvalue weighted by atomic mass is 10.2. The highest BCUT2D eigenvalue weighted by atomic mass is 32.2. The average Bonchev–Trinajstić information content (AvgIpc) is 3.20. The molecular weight excluding hydrogens is 362 g/mol. The van der Waals surface area contributed by atoms with Crippen LogP contribution in [-0.4, -0.2) is 40.6 Å². The van der Waals surface area contributed by atoms with E-state index in [-0.39, 0.29) is 16.7 Å². The predicted octanol–water partition coefficient (Wildman–Crippen LogP) is 3.60. The third-order valence-corrected chi connectivity index (χ3v) is 6.50. The Bertz CT molecular complexity index is 912. The number of aromatic amines is 1. The highest BCUT2D eigenvalue weighted by Crippen LogP contribution is 2.34. The molecular formula is C16H17N3O2S3. The number of H-pyrrole nitrogens is 1. The van der Waals surface area contributed by atoms with Gasteiger partial charge in [0.15, 0.2) is 0 Å². The van der Waals surface area contributed by atoms with E-state index >= 15 is 0 Å². The van der Waals surface area contributed by atoms with Crippen LogP contribution in [0.3, 0.4) is 0 Å². The van der Waals surface area contributed by atoms with E-state index < -0.39 is 0 Å². The van der Waals surface area contributed by atoms with E-state index in [9.17, 15) is 9.59 Å². The highest BCUT2D eigenvalue weighted by molar-refractivity contribution is 8.00. The number of hydrogen-bond acceptors (Lipinski definition) is 6. The van der Waals surface area contributed by atoms with Crippen molar-refractivity contribution < 1.29 is 4.79 Å². The van der Waals surface area contributed by atoms with Crippen molar-refractivity contribution in [3.05, 3.63) is 39.1 Å². The molecule has 126 valence electrons. The fourth-order valence-corrected chi connectivity index (χ4v) is 4.87. The Morgan fingerprint density at radius 3 is 2.88 bits per heavy atom. The van der Waals surface area contributed by atoms with Gasteiger partial charge in [-0.1, -0.05) is 6.07 Å². The van der Waals surface area contributed by atoms with E-state index in [1.165, 1.54) is 23.1 Å². The number of amides is 1. The van der Waals surface area contributed by atoms with E-state index in [1.807, 2.05) is 29.8 Å². The standard InChI is InChI=1S/C16H17N3O2S3/c1-9(23-8-12(20)19(2)3)14-17-15(21)13-10(7-24-16(13)18-14)11-5-4-6-22-11/h4-7,9H,8H2,1-3H3,(H,17,18,21)/t9-/m1/s1. The first-order chi connectivity index (χ1) is 11.5. The first kappa shape index (κ1) is 17.2. The molecule has 8 heteroatoms. The molecule has 0 saturated carbocycles. The van der Waals surface area contributed by atoms with Crippen LogP contribution >= 0.6 is 34.4 Å². The van der Waals surface area contributed by atoms with E-state index in [0.717, 1.165) is 15.3 Å². The molecule has 0 aromatic carbocycles. The van der Waals surface area contributed by atoms with Crippen LogP contribution in [0.1, 0.15) is 18.0 Å². The van der Waals surface area contributed by atoms with Gasteiger partial charge in [0, 0.05) is 29.9 Å². The molecule has 0 aliphatic rings. The van der Waals surface area contributed by atoms with Gasteiger partial charge in [0.05, 0.1) is 16.4 Å². The minimum atomic E-state index is -0.119. The average molecular weight is 380 g/mol. The van der Waals surface area contributed by atoms with Crippen molar-refractivity contribution in [1.29, 1.82) is 0 Å². The minimum absolute atomic E-state index is 0.0476. The topological polar surface area (TPSA) is 66.1 Å². The number of hydrogen-bond donors (Lipinski definition) is 1. The largest absolute Gasteiger partial charge is 0.348 e. The van der Waals surface area contributed by atoms with Gasteiger partial charge in [-0.25, -0.2) is 4.98 Å². The molecule has 0 spiro atoms. The van der Waals surface area contributed by atoms with Gasteiger partial charge < -0.3 is 9.88 Å². The summed E-state index contributed by atoms with van der Waals surface area (Å²) in [5, 5.41) is 4.57. The molecule has 0 aliphatic heterocycles. The van der Waals surface area contributed by atoms with Crippen LogP contribution in [0.2, 0.25) is 0 Å². The highest BCUT2D eigenvalue weighted by Gasteiger charge is 2.17. The Labute approximate surface area is 151 Å². The number of fused-ring (bicyclic) bond motifs is 1. The lowest BCUT2D eigenvalue weighted by Crippen LogP contribution is -2.24. The van der Waals surface area contributed by atoms with Crippen molar-refractivity contribution in [2.45, 2.75) is 12.2 Å². The molecule has 1 amide bonds. The summed E-state index contributed by atoms with van der Waals surface area (Å²) in [7, 11) is 3.47. The first-order valence-corrected chi connectivity index (χ1v) is 10.1. The molecule has 3 heterocycles. The summed E-state index contributed by atoms with van der Waals surface area (Å²) >= 11 is 4.56. The Hall–Kier alpha value is -1.64. The molecule has 3 aromatic heterocycles. The molecule has 5 nitrogen and oxygen atoms in total. The lowest BCUT2D eigenvalue weighted by Gasteiger charge is -2.13. The summed E-state index contributed by atoms with van der Waals surface area (Å²) in [6.07, 6.45) is 0. The Morgan fingerprint density at radius 1 is 1.42 bits per heavy atom. The van der Waals surface area contributed by atoms with Gasteiger partial charge in [-0.3, -0.25) is 9.59 Å². The second-order valence-electron chi connectivity index (χ2n) is 5.50. The van der Waals surface area contributed by atoms with Gasteiger partial charge in [-0.05, 0) is 18.4 Å². The summed E-state index contributed by atoms with van der Waals surface area (Å²) in [6, 6.07) is 3.98. The van der Waals surface area contributed by atoms with Crippen LogP contribution in [0.4, 0.5) is 0 Å². The quantitative estimate of drug-likeness (QED) is 0.736. The van der Waals surface area contributed by atoms with Crippen LogP contribution in [0.15, 0.2) is 27.7 Å². The number of nitrogens with zero attached hydrogens (tertiary/aromatic N) is 2. The molecule has 0 aliphatic carbocycles. The second-order valence-corrected chi connectivity index (χ2v) is 8.63. The van der Waals surface area contributed by atoms with Crippen molar-refractivity contribution >= 4 is 50.6 Å². The number of aromatic nitrogens is 2. The molecule has 0 radical (unpaired) electrons. The van der Waals surface area contributed by atoms with Crippen molar-refractivity contribution in [2.24, 2.45) is 0 Å². The molecule has 0 bridgehead atoms. The maximum absolute atomic E-state index is 12.6. The summed E-state index contributed by atoms with van der Waals surface area (Å²) in [5.74, 6) is 1.02.